The third-order valence-electron chi connectivity index (χ3n) is 7.58. The number of nitrogens with one attached hydrogen (secondary N) is 2. The topological polar surface area (TPSA) is 122 Å². The van der Waals surface area contributed by atoms with Crippen LogP contribution in [-0.2, 0) is 27.6 Å². The molecule has 45 heavy (non-hydrogen) atoms. The van der Waals surface area contributed by atoms with Crippen LogP contribution >= 0.6 is 0 Å². The minimum atomic E-state index is -4.65. The molecule has 3 rings (SSSR count). The summed E-state index contributed by atoms with van der Waals surface area (Å²) in [5.74, 6) is -2.72. The molecule has 0 aliphatic heterocycles. The summed E-state index contributed by atoms with van der Waals surface area (Å²) in [6.07, 6.45) is -2.94. The van der Waals surface area contributed by atoms with Gasteiger partial charge in [-0.1, -0.05) is 19.6 Å². The van der Waals surface area contributed by atoms with E-state index in [9.17, 15) is 26.5 Å². The van der Waals surface area contributed by atoms with Gasteiger partial charge in [-0.3, -0.25) is 0 Å². The van der Waals surface area contributed by atoms with Gasteiger partial charge in [-0.15, -0.1) is 4.72 Å². The molecule has 1 aliphatic carbocycles. The molecule has 0 saturated heterocycles. The first-order valence-corrected chi connectivity index (χ1v) is 20.1. The van der Waals surface area contributed by atoms with Crippen molar-refractivity contribution >= 4 is 30.6 Å². The predicted octanol–water partition coefficient (Wildman–Crippen LogP) is 5.83. The molecule has 2 aromatic rings. The summed E-state index contributed by atoms with van der Waals surface area (Å²) in [5, 5.41) is 2.92. The van der Waals surface area contributed by atoms with Gasteiger partial charge in [-0.25, -0.2) is 18.7 Å². The molecule has 0 aromatic carbocycles. The van der Waals surface area contributed by atoms with Gasteiger partial charge in [0.15, 0.2) is 11.2 Å². The van der Waals surface area contributed by atoms with Crippen LogP contribution in [0.3, 0.4) is 0 Å². The van der Waals surface area contributed by atoms with Gasteiger partial charge in [-0.2, -0.15) is 13.2 Å². The first-order valence-electron chi connectivity index (χ1n) is 15.2. The van der Waals surface area contributed by atoms with E-state index in [1.807, 2.05) is 0 Å². The highest BCUT2D eigenvalue weighted by Crippen LogP contribution is 2.41. The van der Waals surface area contributed by atoms with Crippen molar-refractivity contribution in [3.05, 3.63) is 23.7 Å². The van der Waals surface area contributed by atoms with Gasteiger partial charge < -0.3 is 29.6 Å². The largest absolute Gasteiger partial charge is 0.598 e. The molecule has 2 heterocycles. The van der Waals surface area contributed by atoms with Crippen LogP contribution in [0.1, 0.15) is 71.1 Å². The van der Waals surface area contributed by atoms with E-state index in [1.165, 1.54) is 0 Å². The second-order valence-corrected chi connectivity index (χ2v) is 22.1. The summed E-state index contributed by atoms with van der Waals surface area (Å²) < 4.78 is 97.7. The highest BCUT2D eigenvalue weighted by molar-refractivity contribution is 7.90. The van der Waals surface area contributed by atoms with Crippen molar-refractivity contribution < 1.29 is 36.0 Å². The number of rotatable bonds is 17. The second kappa shape index (κ2) is 14.4. The molecule has 0 radical (unpaired) electrons. The van der Waals surface area contributed by atoms with Gasteiger partial charge in [0.2, 0.25) is 0 Å². The molecule has 1 aliphatic rings. The molecule has 3 atom stereocenters. The van der Waals surface area contributed by atoms with Crippen molar-refractivity contribution in [1.82, 2.24) is 24.6 Å². The Balaban J connectivity index is 2.05. The van der Waals surface area contributed by atoms with E-state index in [1.54, 1.807) is 37.5 Å². The maximum Gasteiger partial charge on any atom is 0.416 e. The Morgan fingerprint density at radius 2 is 1.73 bits per heavy atom. The molecule has 2 aromatic heterocycles. The molecule has 16 heteroatoms. The molecular weight excluding hydrogens is 636 g/mol. The molecule has 1 saturated carbocycles. The van der Waals surface area contributed by atoms with Gasteiger partial charge in [-0.05, 0) is 71.6 Å². The second-order valence-electron chi connectivity index (χ2n) is 14.5. The first-order chi connectivity index (χ1) is 20.5. The average Bonchev–Trinajstić information content (AvgIpc) is 3.68. The van der Waals surface area contributed by atoms with Crippen LogP contribution in [0.2, 0.25) is 25.7 Å². The number of imidazole rings is 1. The molecule has 258 valence electrons. The minimum Gasteiger partial charge on any atom is -0.598 e. The van der Waals surface area contributed by atoms with E-state index >= 15 is 0 Å². The Kier molecular flexibility index (Phi) is 12.2. The van der Waals surface area contributed by atoms with E-state index in [0.29, 0.717) is 17.8 Å². The molecule has 0 amide bonds. The number of nitrogens with zero attached hydrogens (tertiary/aromatic N) is 3. The van der Waals surface area contributed by atoms with Crippen molar-refractivity contribution in [2.24, 2.45) is 11.7 Å². The molecule has 0 spiro atoms. The van der Waals surface area contributed by atoms with Gasteiger partial charge in [0.1, 0.15) is 23.3 Å². The zero-order chi connectivity index (χ0) is 34.0. The molecule has 4 N–H and O–H groups in total. The summed E-state index contributed by atoms with van der Waals surface area (Å²) in [5.41, 5.74) is 4.06. The quantitative estimate of drug-likeness (QED) is 0.0824. The monoisotopic (exact) mass is 684 g/mol. The van der Waals surface area contributed by atoms with Crippen molar-refractivity contribution in [2.75, 3.05) is 26.3 Å². The van der Waals surface area contributed by atoms with Crippen LogP contribution in [-0.4, -0.2) is 75.9 Å². The zero-order valence-electron chi connectivity index (χ0n) is 27.5. The number of nitrogens with two attached hydrogens (primary N) is 1. The molecule has 0 bridgehead atoms. The fourth-order valence-electron chi connectivity index (χ4n) is 4.26. The van der Waals surface area contributed by atoms with Crippen LogP contribution in [0.5, 0.6) is 0 Å². The Morgan fingerprint density at radius 3 is 2.27 bits per heavy atom. The summed E-state index contributed by atoms with van der Waals surface area (Å²) in [7, 11) is -1.42. The van der Waals surface area contributed by atoms with Gasteiger partial charge in [0.05, 0.1) is 36.9 Å². The Bertz CT molecular complexity index is 1260. The number of ether oxygens (including phenoxy) is 2. The average molecular weight is 685 g/mol. The van der Waals surface area contributed by atoms with Gasteiger partial charge in [0, 0.05) is 26.0 Å². The van der Waals surface area contributed by atoms with Crippen molar-refractivity contribution in [3.63, 3.8) is 0 Å². The van der Waals surface area contributed by atoms with Crippen LogP contribution < -0.4 is 15.8 Å². The lowest BCUT2D eigenvalue weighted by Gasteiger charge is -2.32. The van der Waals surface area contributed by atoms with E-state index in [2.05, 4.69) is 29.7 Å². The number of hydrogen-bond acceptors (Lipinski definition) is 8. The Hall–Kier alpha value is -1.40. The lowest BCUT2D eigenvalue weighted by molar-refractivity contribution is -0.265. The van der Waals surface area contributed by atoms with Crippen molar-refractivity contribution in [1.29, 1.82) is 0 Å². The van der Waals surface area contributed by atoms with E-state index in [-0.39, 0.29) is 24.1 Å². The summed E-state index contributed by atoms with van der Waals surface area (Å²) in [4.78, 5) is 9.44. The molecule has 1 fully saturated rings. The van der Waals surface area contributed by atoms with E-state index < -0.39 is 73.7 Å². The number of halogens is 5. The number of pyridine rings is 1. The van der Waals surface area contributed by atoms with E-state index in [0.717, 1.165) is 32.7 Å². The highest BCUT2D eigenvalue weighted by Gasteiger charge is 2.49. The first kappa shape index (κ1) is 38.0. The molecule has 9 nitrogen and oxygen atoms in total. The standard InChI is InChI=1S/C29H49F5N6O3SSi/c1-26(2,3)44(41)39-21(15-43-27(4,5)29(32,33)34)25-38-24-22(40(25)18-42-13-14-45(6,7)8)12-11-20(37-24)23(19-9-10-19)36-17-28(30,31)16-35/h11-12,19,21,23,36,39H,9-10,13-18,35H2,1-8H3/t21-,23+,44?/m0/s1. The Labute approximate surface area is 266 Å². The lowest BCUT2D eigenvalue weighted by Crippen LogP contribution is -2.47. The van der Waals surface area contributed by atoms with E-state index in [4.69, 9.17) is 25.2 Å². The third kappa shape index (κ3) is 10.8. The van der Waals surface area contributed by atoms with Gasteiger partial charge >= 0.3 is 6.18 Å². The number of fused-ring (bicyclic) bond motifs is 1. The number of aromatic nitrogens is 3. The van der Waals surface area contributed by atoms with Crippen LogP contribution in [0.4, 0.5) is 22.0 Å². The maximum atomic E-state index is 14.0. The molecule has 1 unspecified atom stereocenters. The van der Waals surface area contributed by atoms with Crippen LogP contribution in [0.25, 0.3) is 11.2 Å². The summed E-state index contributed by atoms with van der Waals surface area (Å²) in [6, 6.07) is 2.89. The van der Waals surface area contributed by atoms with Crippen LogP contribution in [0.15, 0.2) is 12.1 Å². The Morgan fingerprint density at radius 1 is 1.09 bits per heavy atom. The number of alkyl halides is 5. The van der Waals surface area contributed by atoms with Crippen molar-refractivity contribution in [3.8, 4) is 0 Å². The summed E-state index contributed by atoms with van der Waals surface area (Å²) in [6.45, 7) is 12.3. The van der Waals surface area contributed by atoms with Crippen molar-refractivity contribution in [2.45, 2.75) is 114 Å². The zero-order valence-corrected chi connectivity index (χ0v) is 29.3. The lowest BCUT2D eigenvalue weighted by atomic mass is 10.1. The SMILES string of the molecule is CC(C)(C)[S+]([O-])N[C@@H](COC(C)(C)C(F)(F)F)c1nc2nc([C@H](NCC(F)(F)CN)C3CC3)ccc2n1COCC[Si](C)(C)C. The summed E-state index contributed by atoms with van der Waals surface area (Å²) >= 11 is -1.70. The highest BCUT2D eigenvalue weighted by atomic mass is 32.2. The van der Waals surface area contributed by atoms with Gasteiger partial charge in [0.25, 0.3) is 5.92 Å². The smallest absolute Gasteiger partial charge is 0.416 e. The fraction of sp³-hybridized carbons (Fsp3) is 0.793. The molecular formula is C29H49F5N6O3SSi. The normalized spacial score (nSPS) is 17.6. The fourth-order valence-corrected chi connectivity index (χ4v) is 5.81. The number of hydrogen-bond donors (Lipinski definition) is 3. The minimum absolute atomic E-state index is 0.0212. The maximum absolute atomic E-state index is 14.0. The third-order valence-corrected chi connectivity index (χ3v) is 10.9. The van der Waals surface area contributed by atoms with Crippen LogP contribution in [0, 0.1) is 5.92 Å². The predicted molar refractivity (Wildman–Crippen MR) is 169 cm³/mol.